The lowest BCUT2D eigenvalue weighted by Crippen LogP contribution is -2.10. The fourth-order valence-corrected chi connectivity index (χ4v) is 3.41. The molecule has 0 N–H and O–H groups in total. The zero-order chi connectivity index (χ0) is 21.5. The van der Waals surface area contributed by atoms with Crippen LogP contribution in [0.25, 0.3) is 11.1 Å². The fraction of sp³-hybridized carbons (Fsp3) is 0.0357. The van der Waals surface area contributed by atoms with Gasteiger partial charge in [0.05, 0.1) is 0 Å². The Balaban J connectivity index is 1.64. The molecule has 0 bridgehead atoms. The molecule has 4 rings (SSSR count). The number of carbonyl (C=O) groups excluding carboxylic acids is 1. The lowest BCUT2D eigenvalue weighted by Gasteiger charge is -2.26. The summed E-state index contributed by atoms with van der Waals surface area (Å²) in [6, 6.07) is 37.2. The van der Waals surface area contributed by atoms with Crippen LogP contribution >= 0.6 is 0 Å². The molecular weight excluding hydrogens is 382 g/mol. The molecule has 3 nitrogen and oxygen atoms in total. The van der Waals surface area contributed by atoms with Crippen LogP contribution in [0, 0.1) is 0 Å². The summed E-state index contributed by atoms with van der Waals surface area (Å²) in [5, 5.41) is 0. The molecule has 0 aliphatic heterocycles. The predicted molar refractivity (Wildman–Crippen MR) is 127 cm³/mol. The number of esters is 1. The molecule has 4 aromatic carbocycles. The maximum atomic E-state index is 11.3. The van der Waals surface area contributed by atoms with E-state index >= 15 is 0 Å². The average Bonchev–Trinajstić information content (AvgIpc) is 2.85. The van der Waals surface area contributed by atoms with E-state index in [0.717, 1.165) is 22.6 Å². The van der Waals surface area contributed by atoms with Crippen LogP contribution < -0.4 is 4.90 Å². The maximum Gasteiger partial charge on any atom is 0.330 e. The van der Waals surface area contributed by atoms with Crippen LogP contribution in [0.15, 0.2) is 122 Å². The van der Waals surface area contributed by atoms with Gasteiger partial charge in [0.1, 0.15) is 6.61 Å². The third-order valence-corrected chi connectivity index (χ3v) is 4.99. The number of anilines is 3. The zero-order valence-electron chi connectivity index (χ0n) is 17.1. The second-order valence-electron chi connectivity index (χ2n) is 7.06. The number of para-hydroxylation sites is 1. The molecule has 152 valence electrons. The van der Waals surface area contributed by atoms with Crippen molar-refractivity contribution < 1.29 is 9.53 Å². The Bertz CT molecular complexity index is 1140. The standard InChI is InChI=1S/C28H23NO2/c1-2-28(30)31-21-22-13-17-26(18-14-22)29(25-11-7-4-8-12-25)27-19-15-24(16-20-27)23-9-5-3-6-10-23/h2-20H,1,21H2. The van der Waals surface area contributed by atoms with Gasteiger partial charge in [-0.3, -0.25) is 0 Å². The quantitative estimate of drug-likeness (QED) is 0.244. The number of carbonyl (C=O) groups is 1. The number of benzene rings is 4. The van der Waals surface area contributed by atoms with Gasteiger partial charge in [0, 0.05) is 23.1 Å². The molecule has 0 spiro atoms. The minimum absolute atomic E-state index is 0.224. The first-order valence-electron chi connectivity index (χ1n) is 10.1. The maximum absolute atomic E-state index is 11.3. The Labute approximate surface area is 182 Å². The van der Waals surface area contributed by atoms with Gasteiger partial charge in [-0.1, -0.05) is 79.4 Å². The Hall–Kier alpha value is -4.11. The summed E-state index contributed by atoms with van der Waals surface area (Å²) in [6.07, 6.45) is 1.17. The van der Waals surface area contributed by atoms with Crippen LogP contribution in [0.2, 0.25) is 0 Å². The van der Waals surface area contributed by atoms with Crippen LogP contribution in [0.3, 0.4) is 0 Å². The minimum Gasteiger partial charge on any atom is -0.458 e. The highest BCUT2D eigenvalue weighted by molar-refractivity contribution is 5.81. The lowest BCUT2D eigenvalue weighted by atomic mass is 10.0. The molecule has 0 radical (unpaired) electrons. The van der Waals surface area contributed by atoms with Gasteiger partial charge in [0.2, 0.25) is 0 Å². The molecular formula is C28H23NO2. The van der Waals surface area contributed by atoms with Crippen molar-refractivity contribution in [3.05, 3.63) is 127 Å². The van der Waals surface area contributed by atoms with E-state index < -0.39 is 5.97 Å². The molecule has 0 atom stereocenters. The molecule has 0 unspecified atom stereocenters. The number of hydrogen-bond donors (Lipinski definition) is 0. The molecule has 0 heterocycles. The van der Waals surface area contributed by atoms with Gasteiger partial charge in [0.15, 0.2) is 0 Å². The van der Waals surface area contributed by atoms with Crippen LogP contribution in [-0.4, -0.2) is 5.97 Å². The van der Waals surface area contributed by atoms with Crippen molar-refractivity contribution in [2.24, 2.45) is 0 Å². The van der Waals surface area contributed by atoms with Crippen LogP contribution in [0.4, 0.5) is 17.1 Å². The Morgan fingerprint density at radius 3 is 1.74 bits per heavy atom. The summed E-state index contributed by atoms with van der Waals surface area (Å²) in [5.41, 5.74) is 6.46. The molecule has 0 aliphatic rings. The number of hydrogen-bond acceptors (Lipinski definition) is 3. The van der Waals surface area contributed by atoms with Crippen LogP contribution in [-0.2, 0) is 16.1 Å². The number of ether oxygens (including phenoxy) is 1. The minimum atomic E-state index is -0.423. The number of rotatable bonds is 7. The molecule has 0 aliphatic carbocycles. The van der Waals surface area contributed by atoms with E-state index in [1.54, 1.807) is 0 Å². The molecule has 0 aromatic heterocycles. The molecule has 31 heavy (non-hydrogen) atoms. The molecule has 0 amide bonds. The van der Waals surface area contributed by atoms with Crippen LogP contribution in [0.5, 0.6) is 0 Å². The highest BCUT2D eigenvalue weighted by atomic mass is 16.5. The summed E-state index contributed by atoms with van der Waals surface area (Å²) in [6.45, 7) is 3.65. The van der Waals surface area contributed by atoms with E-state index in [0.29, 0.717) is 0 Å². The van der Waals surface area contributed by atoms with Gasteiger partial charge >= 0.3 is 5.97 Å². The monoisotopic (exact) mass is 405 g/mol. The summed E-state index contributed by atoms with van der Waals surface area (Å²) in [7, 11) is 0. The summed E-state index contributed by atoms with van der Waals surface area (Å²) < 4.78 is 5.13. The Morgan fingerprint density at radius 2 is 1.16 bits per heavy atom. The van der Waals surface area contributed by atoms with E-state index in [1.165, 1.54) is 17.2 Å². The smallest absolute Gasteiger partial charge is 0.330 e. The van der Waals surface area contributed by atoms with Gasteiger partial charge < -0.3 is 9.64 Å². The highest BCUT2D eigenvalue weighted by Gasteiger charge is 2.12. The second-order valence-corrected chi connectivity index (χ2v) is 7.06. The lowest BCUT2D eigenvalue weighted by molar-refractivity contribution is -0.138. The predicted octanol–water partition coefficient (Wildman–Crippen LogP) is 7.05. The van der Waals surface area contributed by atoms with Gasteiger partial charge in [-0.2, -0.15) is 0 Å². The first-order valence-corrected chi connectivity index (χ1v) is 10.1. The van der Waals surface area contributed by atoms with Crippen molar-refractivity contribution in [1.82, 2.24) is 0 Å². The van der Waals surface area contributed by atoms with Crippen molar-refractivity contribution in [3.8, 4) is 11.1 Å². The molecule has 0 fully saturated rings. The number of nitrogens with zero attached hydrogens (tertiary/aromatic N) is 1. The summed E-state index contributed by atoms with van der Waals surface area (Å²) in [4.78, 5) is 13.5. The SMILES string of the molecule is C=CC(=O)OCc1ccc(N(c2ccccc2)c2ccc(-c3ccccc3)cc2)cc1. The van der Waals surface area contributed by atoms with E-state index in [4.69, 9.17) is 4.74 Å². The van der Waals surface area contributed by atoms with E-state index in [9.17, 15) is 4.79 Å². The van der Waals surface area contributed by atoms with Crippen molar-refractivity contribution in [1.29, 1.82) is 0 Å². The molecule has 0 saturated heterocycles. The van der Waals surface area contributed by atoms with Crippen molar-refractivity contribution in [2.45, 2.75) is 6.61 Å². The third-order valence-electron chi connectivity index (χ3n) is 4.99. The third kappa shape index (κ3) is 4.90. The molecule has 4 aromatic rings. The largest absolute Gasteiger partial charge is 0.458 e. The highest BCUT2D eigenvalue weighted by Crippen LogP contribution is 2.35. The van der Waals surface area contributed by atoms with E-state index in [1.807, 2.05) is 60.7 Å². The normalized spacial score (nSPS) is 10.3. The second kappa shape index (κ2) is 9.59. The first-order chi connectivity index (χ1) is 15.2. The van der Waals surface area contributed by atoms with Gasteiger partial charge in [-0.25, -0.2) is 4.79 Å². The topological polar surface area (TPSA) is 29.5 Å². The Kier molecular flexibility index (Phi) is 6.24. The molecule has 0 saturated carbocycles. The van der Waals surface area contributed by atoms with Gasteiger partial charge in [-0.15, -0.1) is 0 Å². The average molecular weight is 405 g/mol. The van der Waals surface area contributed by atoms with Crippen molar-refractivity contribution >= 4 is 23.0 Å². The van der Waals surface area contributed by atoms with E-state index in [-0.39, 0.29) is 6.61 Å². The van der Waals surface area contributed by atoms with Gasteiger partial charge in [0.25, 0.3) is 0 Å². The Morgan fingerprint density at radius 1 is 0.677 bits per heavy atom. The van der Waals surface area contributed by atoms with Crippen molar-refractivity contribution in [2.75, 3.05) is 4.90 Å². The first kappa shape index (κ1) is 20.2. The fourth-order valence-electron chi connectivity index (χ4n) is 3.41. The summed E-state index contributed by atoms with van der Waals surface area (Å²) in [5.74, 6) is -0.423. The van der Waals surface area contributed by atoms with Gasteiger partial charge in [-0.05, 0) is 53.1 Å². The van der Waals surface area contributed by atoms with E-state index in [2.05, 4.69) is 60.0 Å². The van der Waals surface area contributed by atoms with Crippen molar-refractivity contribution in [3.63, 3.8) is 0 Å². The zero-order valence-corrected chi connectivity index (χ0v) is 17.1. The summed E-state index contributed by atoms with van der Waals surface area (Å²) >= 11 is 0. The van der Waals surface area contributed by atoms with Crippen LogP contribution in [0.1, 0.15) is 5.56 Å². The molecule has 3 heteroatoms.